The van der Waals surface area contributed by atoms with Crippen LogP contribution in [0.4, 0.5) is 0 Å². The maximum atomic E-state index is 11.4. The predicted octanol–water partition coefficient (Wildman–Crippen LogP) is 8.38. The van der Waals surface area contributed by atoms with Crippen molar-refractivity contribution in [3.05, 3.63) is 148 Å². The quantitative estimate of drug-likeness (QED) is 0.282. The summed E-state index contributed by atoms with van der Waals surface area (Å²) >= 11 is 6.34. The maximum Gasteiger partial charge on any atom is 0.123 e. The Kier molecular flexibility index (Phi) is 4.83. The van der Waals surface area contributed by atoms with E-state index in [1.807, 2.05) is 43.3 Å². The van der Waals surface area contributed by atoms with E-state index in [0.717, 1.165) is 27.8 Å². The molecule has 5 aromatic rings. The molecular weight excluding hydrogens is 436 g/mol. The monoisotopic (exact) mass is 458 g/mol. The summed E-state index contributed by atoms with van der Waals surface area (Å²) in [7, 11) is 0. The summed E-state index contributed by atoms with van der Waals surface area (Å²) in [5, 5.41) is 12.1. The van der Waals surface area contributed by atoms with Gasteiger partial charge >= 0.3 is 0 Å². The van der Waals surface area contributed by atoms with Crippen molar-refractivity contribution in [3.63, 3.8) is 0 Å². The molecule has 2 heteroatoms. The van der Waals surface area contributed by atoms with Crippen molar-refractivity contribution in [3.8, 4) is 28.0 Å². The summed E-state index contributed by atoms with van der Waals surface area (Å²) in [5.74, 6) is 0.258. The number of aryl methyl sites for hydroxylation is 1. The van der Waals surface area contributed by atoms with Gasteiger partial charge < -0.3 is 5.11 Å². The van der Waals surface area contributed by atoms with E-state index in [1.165, 1.54) is 22.3 Å². The van der Waals surface area contributed by atoms with Crippen LogP contribution in [0.2, 0.25) is 5.02 Å². The fraction of sp³-hybridized carbons (Fsp3) is 0.0625. The predicted molar refractivity (Wildman–Crippen MR) is 141 cm³/mol. The molecule has 0 radical (unpaired) electrons. The molecule has 0 spiro atoms. The van der Waals surface area contributed by atoms with Crippen molar-refractivity contribution in [2.75, 3.05) is 0 Å². The Balaban J connectivity index is 1.74. The second-order valence-electron chi connectivity index (χ2n) is 8.90. The van der Waals surface area contributed by atoms with E-state index in [9.17, 15) is 5.11 Å². The van der Waals surface area contributed by atoms with Gasteiger partial charge in [0.05, 0.1) is 5.41 Å². The summed E-state index contributed by atoms with van der Waals surface area (Å²) in [4.78, 5) is 0. The summed E-state index contributed by atoms with van der Waals surface area (Å²) in [6, 6.07) is 39.7. The fourth-order valence-corrected chi connectivity index (χ4v) is 5.75. The van der Waals surface area contributed by atoms with Crippen molar-refractivity contribution < 1.29 is 5.11 Å². The van der Waals surface area contributed by atoms with E-state index in [4.69, 9.17) is 11.6 Å². The number of hydrogen-bond acceptors (Lipinski definition) is 1. The average molecular weight is 459 g/mol. The molecule has 0 bridgehead atoms. The van der Waals surface area contributed by atoms with Gasteiger partial charge in [0.1, 0.15) is 5.75 Å². The second-order valence-corrected chi connectivity index (χ2v) is 9.34. The third-order valence-electron chi connectivity index (χ3n) is 7.06. The van der Waals surface area contributed by atoms with Gasteiger partial charge in [-0.25, -0.2) is 0 Å². The summed E-state index contributed by atoms with van der Waals surface area (Å²) in [5.41, 5.74) is 9.29. The lowest BCUT2D eigenvalue weighted by Crippen LogP contribution is -2.28. The fourth-order valence-electron chi connectivity index (χ4n) is 5.58. The first-order valence-electron chi connectivity index (χ1n) is 11.5. The van der Waals surface area contributed by atoms with Crippen LogP contribution in [0.25, 0.3) is 22.3 Å². The smallest absolute Gasteiger partial charge is 0.123 e. The molecule has 6 rings (SSSR count). The van der Waals surface area contributed by atoms with Gasteiger partial charge in [-0.05, 0) is 75.7 Å². The summed E-state index contributed by atoms with van der Waals surface area (Å²) in [6.07, 6.45) is 0. The molecule has 164 valence electrons. The summed E-state index contributed by atoms with van der Waals surface area (Å²) in [6.45, 7) is 2.05. The molecular formula is C32H23ClO. The third-order valence-corrected chi connectivity index (χ3v) is 7.30. The van der Waals surface area contributed by atoms with Crippen LogP contribution in [-0.4, -0.2) is 5.11 Å². The topological polar surface area (TPSA) is 20.2 Å². The first-order chi connectivity index (χ1) is 16.6. The highest BCUT2D eigenvalue weighted by molar-refractivity contribution is 6.30. The van der Waals surface area contributed by atoms with Crippen LogP contribution in [0.15, 0.2) is 115 Å². The van der Waals surface area contributed by atoms with E-state index >= 15 is 0 Å². The Morgan fingerprint density at radius 1 is 0.559 bits per heavy atom. The van der Waals surface area contributed by atoms with Gasteiger partial charge in [-0.1, -0.05) is 103 Å². The molecule has 0 fully saturated rings. The lowest BCUT2D eigenvalue weighted by Gasteiger charge is -2.34. The van der Waals surface area contributed by atoms with Crippen LogP contribution >= 0.6 is 11.6 Å². The van der Waals surface area contributed by atoms with Gasteiger partial charge in [0.15, 0.2) is 0 Å². The molecule has 1 aliphatic rings. The molecule has 0 unspecified atom stereocenters. The van der Waals surface area contributed by atoms with Crippen LogP contribution in [0.3, 0.4) is 0 Å². The molecule has 0 saturated heterocycles. The third kappa shape index (κ3) is 2.94. The molecule has 1 nitrogen and oxygen atoms in total. The van der Waals surface area contributed by atoms with E-state index in [-0.39, 0.29) is 5.75 Å². The van der Waals surface area contributed by atoms with Gasteiger partial charge in [-0.2, -0.15) is 0 Å². The Bertz CT molecular complexity index is 1480. The van der Waals surface area contributed by atoms with Crippen molar-refractivity contribution in [1.82, 2.24) is 0 Å². The zero-order valence-corrected chi connectivity index (χ0v) is 19.6. The Labute approximate surface area is 204 Å². The molecule has 0 atom stereocenters. The van der Waals surface area contributed by atoms with Gasteiger partial charge in [-0.3, -0.25) is 0 Å². The first kappa shape index (κ1) is 20.8. The molecule has 0 aliphatic heterocycles. The van der Waals surface area contributed by atoms with Crippen LogP contribution in [0.1, 0.15) is 27.8 Å². The average Bonchev–Trinajstić information content (AvgIpc) is 3.16. The van der Waals surface area contributed by atoms with E-state index in [0.29, 0.717) is 5.02 Å². The Hall–Kier alpha value is -3.81. The SMILES string of the molecule is Cc1ccc(Cl)cc1-c1cc2c(cc1O)C(c1ccccc1)(c1ccccc1)c1ccccc1-2. The van der Waals surface area contributed by atoms with Crippen LogP contribution in [0.5, 0.6) is 5.75 Å². The van der Waals surface area contributed by atoms with Crippen molar-refractivity contribution in [2.45, 2.75) is 12.3 Å². The van der Waals surface area contributed by atoms with E-state index < -0.39 is 5.41 Å². The molecule has 0 heterocycles. The zero-order chi connectivity index (χ0) is 23.3. The number of hydrogen-bond donors (Lipinski definition) is 1. The van der Waals surface area contributed by atoms with Crippen LogP contribution in [-0.2, 0) is 5.41 Å². The first-order valence-corrected chi connectivity index (χ1v) is 11.8. The lowest BCUT2D eigenvalue weighted by atomic mass is 9.67. The number of phenolic OH excluding ortho intramolecular Hbond substituents is 1. The largest absolute Gasteiger partial charge is 0.507 e. The minimum Gasteiger partial charge on any atom is -0.507 e. The van der Waals surface area contributed by atoms with E-state index in [1.54, 1.807) is 0 Å². The van der Waals surface area contributed by atoms with Crippen molar-refractivity contribution in [2.24, 2.45) is 0 Å². The van der Waals surface area contributed by atoms with E-state index in [2.05, 4.69) is 78.9 Å². The normalized spacial score (nSPS) is 13.4. The maximum absolute atomic E-state index is 11.4. The minimum absolute atomic E-state index is 0.258. The van der Waals surface area contributed by atoms with Gasteiger partial charge in [0.25, 0.3) is 0 Å². The highest BCUT2D eigenvalue weighted by Crippen LogP contribution is 2.57. The number of rotatable bonds is 3. The highest BCUT2D eigenvalue weighted by Gasteiger charge is 2.46. The molecule has 34 heavy (non-hydrogen) atoms. The lowest BCUT2D eigenvalue weighted by molar-refractivity contribution is 0.476. The molecule has 0 aromatic heterocycles. The number of aromatic hydroxyl groups is 1. The molecule has 1 aliphatic carbocycles. The van der Waals surface area contributed by atoms with Crippen LogP contribution in [0, 0.1) is 6.92 Å². The Morgan fingerprint density at radius 3 is 1.85 bits per heavy atom. The van der Waals surface area contributed by atoms with Crippen molar-refractivity contribution >= 4 is 11.6 Å². The molecule has 1 N–H and O–H groups in total. The molecule has 5 aromatic carbocycles. The highest BCUT2D eigenvalue weighted by atomic mass is 35.5. The van der Waals surface area contributed by atoms with Crippen LogP contribution < -0.4 is 0 Å². The number of benzene rings is 5. The van der Waals surface area contributed by atoms with Gasteiger partial charge in [0.2, 0.25) is 0 Å². The standard InChI is InChI=1S/C32H23ClO/c1-21-16-17-24(33)18-26(21)28-19-27-25-14-8-9-15-29(25)32(30(27)20-31(28)34,22-10-4-2-5-11-22)23-12-6-3-7-13-23/h2-20,34H,1H3. The number of halogens is 1. The zero-order valence-electron chi connectivity index (χ0n) is 18.8. The van der Waals surface area contributed by atoms with Gasteiger partial charge in [0, 0.05) is 10.6 Å². The number of phenols is 1. The minimum atomic E-state index is -0.520. The molecule has 0 amide bonds. The van der Waals surface area contributed by atoms with Gasteiger partial charge in [-0.15, -0.1) is 0 Å². The Morgan fingerprint density at radius 2 is 1.18 bits per heavy atom. The summed E-state index contributed by atoms with van der Waals surface area (Å²) < 4.78 is 0. The number of fused-ring (bicyclic) bond motifs is 3. The van der Waals surface area contributed by atoms with Crippen molar-refractivity contribution in [1.29, 1.82) is 0 Å². The second kappa shape index (κ2) is 7.90. The molecule has 0 saturated carbocycles.